The van der Waals surface area contributed by atoms with Crippen LogP contribution < -0.4 is 4.90 Å². The second kappa shape index (κ2) is 5.56. The zero-order valence-corrected chi connectivity index (χ0v) is 11.3. The van der Waals surface area contributed by atoms with Gasteiger partial charge in [0.2, 0.25) is 0 Å². The first kappa shape index (κ1) is 12.4. The maximum Gasteiger partial charge on any atom is 0.151 e. The van der Waals surface area contributed by atoms with Crippen molar-refractivity contribution in [2.75, 3.05) is 11.4 Å². The molecule has 0 radical (unpaired) electrons. The van der Waals surface area contributed by atoms with Crippen LogP contribution in [0.15, 0.2) is 12.1 Å². The topological polar surface area (TPSA) is 52.8 Å². The van der Waals surface area contributed by atoms with E-state index >= 15 is 0 Å². The summed E-state index contributed by atoms with van der Waals surface area (Å²) in [6.45, 7) is 1.00. The Hall–Kier alpha value is -1.63. The number of anilines is 1. The van der Waals surface area contributed by atoms with E-state index in [1.54, 1.807) is 0 Å². The van der Waals surface area contributed by atoms with Gasteiger partial charge in [0.1, 0.15) is 0 Å². The molecule has 1 aromatic heterocycles. The van der Waals surface area contributed by atoms with Crippen LogP contribution in [-0.2, 0) is 0 Å². The van der Waals surface area contributed by atoms with Gasteiger partial charge in [0.15, 0.2) is 5.82 Å². The highest BCUT2D eigenvalue weighted by atomic mass is 15.3. The van der Waals surface area contributed by atoms with Crippen LogP contribution in [-0.4, -0.2) is 22.8 Å². The lowest BCUT2D eigenvalue weighted by Gasteiger charge is -2.35. The number of nitrogens with zero attached hydrogens (tertiary/aromatic N) is 4. The Labute approximate surface area is 114 Å². The molecular formula is C15H20N4. The number of nitriles is 1. The van der Waals surface area contributed by atoms with Gasteiger partial charge in [-0.2, -0.15) is 10.4 Å². The van der Waals surface area contributed by atoms with E-state index in [-0.39, 0.29) is 0 Å². The molecule has 19 heavy (non-hydrogen) atoms. The predicted octanol–water partition coefficient (Wildman–Crippen LogP) is 3.02. The standard InChI is InChI=1S/C15H20N4/c16-10-9-13-6-1-2-11-19(13)15-8-7-14(17-18-15)12-4-3-5-12/h7-8,12-13H,1-6,9,11H2. The summed E-state index contributed by atoms with van der Waals surface area (Å²) < 4.78 is 0. The van der Waals surface area contributed by atoms with E-state index in [4.69, 9.17) is 5.26 Å². The van der Waals surface area contributed by atoms with Crippen molar-refractivity contribution >= 4 is 5.82 Å². The minimum atomic E-state index is 0.322. The van der Waals surface area contributed by atoms with Gasteiger partial charge in [0, 0.05) is 18.5 Å². The zero-order chi connectivity index (χ0) is 13.1. The van der Waals surface area contributed by atoms with E-state index in [1.807, 2.05) is 0 Å². The summed E-state index contributed by atoms with van der Waals surface area (Å²) in [5.74, 6) is 1.58. The zero-order valence-electron chi connectivity index (χ0n) is 11.3. The Bertz CT molecular complexity index is 458. The van der Waals surface area contributed by atoms with Crippen LogP contribution >= 0.6 is 0 Å². The third-order valence-corrected chi connectivity index (χ3v) is 4.44. The van der Waals surface area contributed by atoms with Gasteiger partial charge in [-0.05, 0) is 44.2 Å². The van der Waals surface area contributed by atoms with E-state index in [9.17, 15) is 0 Å². The third kappa shape index (κ3) is 2.56. The highest BCUT2D eigenvalue weighted by Gasteiger charge is 2.25. The number of aromatic nitrogens is 2. The fraction of sp³-hybridized carbons (Fsp3) is 0.667. The monoisotopic (exact) mass is 256 g/mol. The normalized spacial score (nSPS) is 23.7. The molecule has 2 fully saturated rings. The van der Waals surface area contributed by atoms with Crippen molar-refractivity contribution in [1.82, 2.24) is 10.2 Å². The Morgan fingerprint density at radius 1 is 1.16 bits per heavy atom. The minimum absolute atomic E-state index is 0.322. The second-order valence-corrected chi connectivity index (χ2v) is 5.65. The summed E-state index contributed by atoms with van der Waals surface area (Å²) in [7, 11) is 0. The van der Waals surface area contributed by atoms with Gasteiger partial charge in [-0.25, -0.2) is 0 Å². The summed E-state index contributed by atoms with van der Waals surface area (Å²) in [4.78, 5) is 2.27. The van der Waals surface area contributed by atoms with Crippen molar-refractivity contribution in [2.24, 2.45) is 0 Å². The van der Waals surface area contributed by atoms with Gasteiger partial charge >= 0.3 is 0 Å². The Balaban J connectivity index is 1.74. The highest BCUT2D eigenvalue weighted by Crippen LogP contribution is 2.35. The van der Waals surface area contributed by atoms with Crippen molar-refractivity contribution < 1.29 is 0 Å². The van der Waals surface area contributed by atoms with Crippen LogP contribution in [0.5, 0.6) is 0 Å². The van der Waals surface area contributed by atoms with Crippen LogP contribution in [0.25, 0.3) is 0 Å². The Morgan fingerprint density at radius 3 is 2.68 bits per heavy atom. The molecule has 1 unspecified atom stereocenters. The molecule has 3 rings (SSSR count). The van der Waals surface area contributed by atoms with Crippen LogP contribution in [0.3, 0.4) is 0 Å². The molecule has 0 bridgehead atoms. The van der Waals surface area contributed by atoms with Crippen molar-refractivity contribution in [3.8, 4) is 6.07 Å². The molecule has 0 aromatic carbocycles. The van der Waals surface area contributed by atoms with Crippen molar-refractivity contribution in [2.45, 2.75) is 56.9 Å². The number of hydrogen-bond donors (Lipinski definition) is 0. The average molecular weight is 256 g/mol. The van der Waals surface area contributed by atoms with Gasteiger partial charge in [0.25, 0.3) is 0 Å². The summed E-state index contributed by atoms with van der Waals surface area (Å²) in [6, 6.07) is 6.84. The Kier molecular flexibility index (Phi) is 3.63. The lowest BCUT2D eigenvalue weighted by molar-refractivity contribution is 0.407. The number of hydrogen-bond acceptors (Lipinski definition) is 4. The number of piperidine rings is 1. The average Bonchev–Trinajstić information content (AvgIpc) is 2.39. The van der Waals surface area contributed by atoms with E-state index in [1.165, 1.54) is 32.1 Å². The SMILES string of the molecule is N#CCC1CCCCN1c1ccc(C2CCC2)nn1. The first-order valence-corrected chi connectivity index (χ1v) is 7.35. The summed E-state index contributed by atoms with van der Waals surface area (Å²) in [6.07, 6.45) is 7.93. The molecule has 1 saturated heterocycles. The predicted molar refractivity (Wildman–Crippen MR) is 73.8 cm³/mol. The fourth-order valence-corrected chi connectivity index (χ4v) is 3.03. The van der Waals surface area contributed by atoms with Gasteiger partial charge in [-0.15, -0.1) is 5.10 Å². The molecule has 4 nitrogen and oxygen atoms in total. The van der Waals surface area contributed by atoms with Gasteiger partial charge in [-0.1, -0.05) is 6.42 Å². The molecule has 0 amide bonds. The summed E-state index contributed by atoms with van der Waals surface area (Å²) in [5.41, 5.74) is 1.14. The van der Waals surface area contributed by atoms with Gasteiger partial charge in [-0.3, -0.25) is 0 Å². The first-order chi connectivity index (χ1) is 9.38. The smallest absolute Gasteiger partial charge is 0.151 e. The highest BCUT2D eigenvalue weighted by molar-refractivity contribution is 5.40. The largest absolute Gasteiger partial charge is 0.351 e. The molecule has 4 heteroatoms. The summed E-state index contributed by atoms with van der Waals surface area (Å²) in [5, 5.41) is 17.7. The molecule has 1 aromatic rings. The molecule has 1 aliphatic heterocycles. The third-order valence-electron chi connectivity index (χ3n) is 4.44. The first-order valence-electron chi connectivity index (χ1n) is 7.35. The lowest BCUT2D eigenvalue weighted by Crippen LogP contribution is -2.40. The summed E-state index contributed by atoms with van der Waals surface area (Å²) >= 11 is 0. The lowest BCUT2D eigenvalue weighted by atomic mass is 9.83. The van der Waals surface area contributed by atoms with Crippen LogP contribution in [0.1, 0.15) is 56.6 Å². The molecule has 1 aliphatic carbocycles. The molecule has 0 spiro atoms. The molecule has 100 valence electrons. The molecule has 2 heterocycles. The molecular weight excluding hydrogens is 236 g/mol. The maximum absolute atomic E-state index is 8.93. The van der Waals surface area contributed by atoms with E-state index in [0.717, 1.165) is 24.5 Å². The fourth-order valence-electron chi connectivity index (χ4n) is 3.03. The molecule has 2 aliphatic rings. The van der Waals surface area contributed by atoms with Crippen LogP contribution in [0, 0.1) is 11.3 Å². The van der Waals surface area contributed by atoms with Crippen molar-refractivity contribution in [1.29, 1.82) is 5.26 Å². The van der Waals surface area contributed by atoms with Crippen LogP contribution in [0.2, 0.25) is 0 Å². The molecule has 1 saturated carbocycles. The second-order valence-electron chi connectivity index (χ2n) is 5.65. The van der Waals surface area contributed by atoms with E-state index < -0.39 is 0 Å². The maximum atomic E-state index is 8.93. The van der Waals surface area contributed by atoms with Crippen molar-refractivity contribution in [3.63, 3.8) is 0 Å². The molecule has 1 atom stereocenters. The Morgan fingerprint density at radius 2 is 2.05 bits per heavy atom. The molecule has 0 N–H and O–H groups in total. The van der Waals surface area contributed by atoms with Gasteiger partial charge in [0.05, 0.1) is 18.2 Å². The quantitative estimate of drug-likeness (QED) is 0.834. The van der Waals surface area contributed by atoms with Crippen molar-refractivity contribution in [3.05, 3.63) is 17.8 Å². The van der Waals surface area contributed by atoms with Crippen LogP contribution in [0.4, 0.5) is 5.82 Å². The van der Waals surface area contributed by atoms with E-state index in [0.29, 0.717) is 18.4 Å². The number of rotatable bonds is 3. The van der Waals surface area contributed by atoms with E-state index in [2.05, 4.69) is 33.3 Å². The minimum Gasteiger partial charge on any atom is -0.351 e. The van der Waals surface area contributed by atoms with Gasteiger partial charge < -0.3 is 4.90 Å².